The minimum absolute atomic E-state index is 0.181. The third kappa shape index (κ3) is 6.54. The molecule has 1 heterocycles. The number of carbonyl (C=O) groups is 1. The molecule has 0 saturated carbocycles. The van der Waals surface area contributed by atoms with E-state index >= 15 is 0 Å². The fraction of sp³-hybridized carbons (Fsp3) is 0.318. The van der Waals surface area contributed by atoms with E-state index < -0.39 is 0 Å². The van der Waals surface area contributed by atoms with Crippen LogP contribution in [0.25, 0.3) is 0 Å². The molecule has 0 radical (unpaired) electrons. The normalized spacial score (nSPS) is 10.8. The van der Waals surface area contributed by atoms with Crippen molar-refractivity contribution in [1.82, 2.24) is 14.8 Å². The molecule has 3 rings (SSSR count). The highest BCUT2D eigenvalue weighted by molar-refractivity contribution is 7.99. The Hall–Kier alpha value is -2.42. The number of aryl methyl sites for hydroxylation is 2. The van der Waals surface area contributed by atoms with Crippen LogP contribution < -0.4 is 14.8 Å². The maximum absolute atomic E-state index is 12.4. The molecule has 0 saturated heterocycles. The summed E-state index contributed by atoms with van der Waals surface area (Å²) in [5.74, 6) is 2.20. The summed E-state index contributed by atoms with van der Waals surface area (Å²) >= 11 is 13.3. The average molecular weight is 495 g/mol. The standard InChI is InChI=1S/C22H24Cl2N4O3S/c1-14-11-15(23)6-8-18(14)31-10-4-5-20-26-27-22(28(20)2)32-13-21(29)25-17-12-16(24)7-9-19(17)30-3/h6-9,11-12H,4-5,10,13H2,1-3H3,(H,25,29). The first-order chi connectivity index (χ1) is 15.4. The maximum Gasteiger partial charge on any atom is 0.234 e. The number of nitrogens with one attached hydrogen (secondary N) is 1. The highest BCUT2D eigenvalue weighted by Gasteiger charge is 2.13. The van der Waals surface area contributed by atoms with Gasteiger partial charge in [0.25, 0.3) is 0 Å². The number of carbonyl (C=O) groups excluding carboxylic acids is 1. The van der Waals surface area contributed by atoms with Crippen molar-refractivity contribution in [3.05, 3.63) is 57.8 Å². The second kappa shape index (κ2) is 11.4. The molecule has 1 aromatic heterocycles. The van der Waals surface area contributed by atoms with Crippen LogP contribution in [0.1, 0.15) is 17.8 Å². The Balaban J connectivity index is 1.47. The molecular formula is C22H24Cl2N4O3S. The lowest BCUT2D eigenvalue weighted by Gasteiger charge is -2.10. The van der Waals surface area contributed by atoms with Crippen molar-refractivity contribution in [2.24, 2.45) is 7.05 Å². The van der Waals surface area contributed by atoms with Crippen LogP contribution in [0.4, 0.5) is 5.69 Å². The van der Waals surface area contributed by atoms with E-state index in [1.807, 2.05) is 36.7 Å². The van der Waals surface area contributed by atoms with Gasteiger partial charge >= 0.3 is 0 Å². The van der Waals surface area contributed by atoms with E-state index in [1.165, 1.54) is 18.9 Å². The zero-order valence-corrected chi connectivity index (χ0v) is 20.4. The van der Waals surface area contributed by atoms with Gasteiger partial charge in [0.2, 0.25) is 5.91 Å². The number of halogens is 2. The summed E-state index contributed by atoms with van der Waals surface area (Å²) in [5, 5.41) is 13.1. The third-order valence-electron chi connectivity index (χ3n) is 4.63. The summed E-state index contributed by atoms with van der Waals surface area (Å²) in [5.41, 5.74) is 1.53. The van der Waals surface area contributed by atoms with Gasteiger partial charge in [-0.2, -0.15) is 0 Å². The lowest BCUT2D eigenvalue weighted by atomic mass is 10.2. The summed E-state index contributed by atoms with van der Waals surface area (Å²) < 4.78 is 13.0. The Morgan fingerprint density at radius 1 is 1.12 bits per heavy atom. The molecule has 7 nitrogen and oxygen atoms in total. The Kier molecular flexibility index (Phi) is 8.67. The van der Waals surface area contributed by atoms with E-state index in [0.717, 1.165) is 23.6 Å². The van der Waals surface area contributed by atoms with Crippen LogP contribution in [0.2, 0.25) is 10.0 Å². The van der Waals surface area contributed by atoms with Crippen molar-refractivity contribution < 1.29 is 14.3 Å². The average Bonchev–Trinajstić information content (AvgIpc) is 3.10. The fourth-order valence-electron chi connectivity index (χ4n) is 2.97. The second-order valence-corrected chi connectivity index (χ2v) is 8.82. The second-order valence-electron chi connectivity index (χ2n) is 7.00. The topological polar surface area (TPSA) is 78.3 Å². The predicted octanol–water partition coefficient (Wildman–Crippen LogP) is 5.18. The number of thioether (sulfide) groups is 1. The van der Waals surface area contributed by atoms with Gasteiger partial charge in [-0.1, -0.05) is 35.0 Å². The lowest BCUT2D eigenvalue weighted by molar-refractivity contribution is -0.113. The molecule has 2 aromatic carbocycles. The molecule has 1 amide bonds. The van der Waals surface area contributed by atoms with Gasteiger partial charge in [-0.3, -0.25) is 4.79 Å². The number of hydrogen-bond donors (Lipinski definition) is 1. The van der Waals surface area contributed by atoms with Gasteiger partial charge in [0.15, 0.2) is 5.16 Å². The van der Waals surface area contributed by atoms with Gasteiger partial charge in [-0.15, -0.1) is 10.2 Å². The zero-order valence-electron chi connectivity index (χ0n) is 18.0. The molecular weight excluding hydrogens is 471 g/mol. The molecule has 10 heteroatoms. The van der Waals surface area contributed by atoms with E-state index in [1.54, 1.807) is 18.2 Å². The molecule has 0 spiro atoms. The van der Waals surface area contributed by atoms with E-state index in [2.05, 4.69) is 15.5 Å². The highest BCUT2D eigenvalue weighted by atomic mass is 35.5. The van der Waals surface area contributed by atoms with Crippen molar-refractivity contribution in [2.75, 3.05) is 24.8 Å². The number of methoxy groups -OCH3 is 1. The fourth-order valence-corrected chi connectivity index (χ4v) is 4.10. The number of ether oxygens (including phenoxy) is 2. The van der Waals surface area contributed by atoms with Crippen LogP contribution in [0, 0.1) is 6.92 Å². The molecule has 0 bridgehead atoms. The molecule has 170 valence electrons. The molecule has 0 aliphatic carbocycles. The molecule has 0 aliphatic heterocycles. The van der Waals surface area contributed by atoms with Gasteiger partial charge in [0.05, 0.1) is 25.2 Å². The number of benzene rings is 2. The van der Waals surface area contributed by atoms with Crippen molar-refractivity contribution in [2.45, 2.75) is 24.9 Å². The van der Waals surface area contributed by atoms with Crippen LogP contribution in [-0.4, -0.2) is 40.1 Å². The van der Waals surface area contributed by atoms with Crippen molar-refractivity contribution in [3.8, 4) is 11.5 Å². The van der Waals surface area contributed by atoms with Crippen molar-refractivity contribution >= 4 is 46.6 Å². The predicted molar refractivity (Wildman–Crippen MR) is 128 cm³/mol. The minimum atomic E-state index is -0.188. The monoisotopic (exact) mass is 494 g/mol. The summed E-state index contributed by atoms with van der Waals surface area (Å²) in [6.45, 7) is 2.52. The lowest BCUT2D eigenvalue weighted by Crippen LogP contribution is -2.15. The van der Waals surface area contributed by atoms with E-state index in [0.29, 0.717) is 39.7 Å². The SMILES string of the molecule is COc1ccc(Cl)cc1NC(=O)CSc1nnc(CCCOc2ccc(Cl)cc2C)n1C. The first-order valence-electron chi connectivity index (χ1n) is 9.90. The minimum Gasteiger partial charge on any atom is -0.495 e. The largest absolute Gasteiger partial charge is 0.495 e. The molecule has 0 aliphatic rings. The van der Waals surface area contributed by atoms with Gasteiger partial charge < -0.3 is 19.4 Å². The highest BCUT2D eigenvalue weighted by Crippen LogP contribution is 2.28. The number of rotatable bonds is 10. The Morgan fingerprint density at radius 3 is 2.56 bits per heavy atom. The van der Waals surface area contributed by atoms with Crippen LogP contribution in [0.15, 0.2) is 41.6 Å². The van der Waals surface area contributed by atoms with E-state index in [4.69, 9.17) is 32.7 Å². The first kappa shape index (κ1) is 24.2. The Labute approximate surface area is 201 Å². The summed E-state index contributed by atoms with van der Waals surface area (Å²) in [6.07, 6.45) is 1.50. The first-order valence-corrected chi connectivity index (χ1v) is 11.6. The number of amides is 1. The maximum atomic E-state index is 12.4. The van der Waals surface area contributed by atoms with Crippen LogP contribution >= 0.6 is 35.0 Å². The van der Waals surface area contributed by atoms with Gasteiger partial charge in [-0.25, -0.2) is 0 Å². The molecule has 0 fully saturated rings. The zero-order chi connectivity index (χ0) is 23.1. The smallest absolute Gasteiger partial charge is 0.234 e. The summed E-state index contributed by atoms with van der Waals surface area (Å²) in [6, 6.07) is 10.6. The number of hydrogen-bond acceptors (Lipinski definition) is 6. The Morgan fingerprint density at radius 2 is 1.84 bits per heavy atom. The third-order valence-corrected chi connectivity index (χ3v) is 6.12. The van der Waals surface area contributed by atoms with Crippen LogP contribution in [0.3, 0.4) is 0 Å². The van der Waals surface area contributed by atoms with Crippen molar-refractivity contribution in [3.63, 3.8) is 0 Å². The molecule has 32 heavy (non-hydrogen) atoms. The summed E-state index contributed by atoms with van der Waals surface area (Å²) in [4.78, 5) is 12.4. The van der Waals surface area contributed by atoms with Gasteiger partial charge in [0, 0.05) is 23.5 Å². The number of nitrogens with zero attached hydrogens (tertiary/aromatic N) is 3. The summed E-state index contributed by atoms with van der Waals surface area (Å²) in [7, 11) is 3.43. The van der Waals surface area contributed by atoms with E-state index in [-0.39, 0.29) is 11.7 Å². The van der Waals surface area contributed by atoms with E-state index in [9.17, 15) is 4.79 Å². The van der Waals surface area contributed by atoms with Crippen LogP contribution in [0.5, 0.6) is 11.5 Å². The van der Waals surface area contributed by atoms with Gasteiger partial charge in [-0.05, 0) is 55.3 Å². The van der Waals surface area contributed by atoms with Crippen LogP contribution in [-0.2, 0) is 18.3 Å². The molecule has 0 unspecified atom stereocenters. The molecule has 0 atom stereocenters. The Bertz CT molecular complexity index is 1090. The van der Waals surface area contributed by atoms with Crippen molar-refractivity contribution in [1.29, 1.82) is 0 Å². The number of anilines is 1. The molecule has 3 aromatic rings. The quantitative estimate of drug-likeness (QED) is 0.309. The van der Waals surface area contributed by atoms with Gasteiger partial charge in [0.1, 0.15) is 17.3 Å². The molecule has 1 N–H and O–H groups in total. The number of aromatic nitrogens is 3.